The molecule has 2 nitrogen and oxygen atoms in total. The molecular formula is C15H18BrF2NO. The molecule has 5 heteroatoms. The third kappa shape index (κ3) is 3.03. The van der Waals surface area contributed by atoms with E-state index in [1.54, 1.807) is 4.90 Å². The van der Waals surface area contributed by atoms with Crippen LogP contribution in [0.4, 0.5) is 8.78 Å². The average Bonchev–Trinajstić information content (AvgIpc) is 2.68. The topological polar surface area (TPSA) is 20.3 Å². The second-order valence-corrected chi connectivity index (χ2v) is 5.86. The number of carbonyl (C=O) groups is 1. The van der Waals surface area contributed by atoms with Crippen LogP contribution in [0, 0.1) is 18.6 Å². The molecule has 1 amide bonds. The maximum atomic E-state index is 14.1. The number of amides is 1. The lowest BCUT2D eigenvalue weighted by molar-refractivity contribution is 0.0692. The third-order valence-corrected chi connectivity index (χ3v) is 4.56. The molecule has 1 heterocycles. The molecule has 2 rings (SSSR count). The molecule has 1 atom stereocenters. The van der Waals surface area contributed by atoms with Crippen LogP contribution in [-0.2, 0) is 0 Å². The summed E-state index contributed by atoms with van der Waals surface area (Å²) in [5, 5.41) is 0.633. The minimum atomic E-state index is -0.782. The zero-order valence-corrected chi connectivity index (χ0v) is 13.1. The van der Waals surface area contributed by atoms with Crippen molar-refractivity contribution >= 4 is 21.8 Å². The van der Waals surface area contributed by atoms with E-state index in [2.05, 4.69) is 15.9 Å². The largest absolute Gasteiger partial charge is 0.335 e. The minimum Gasteiger partial charge on any atom is -0.335 e. The van der Waals surface area contributed by atoms with Gasteiger partial charge in [0, 0.05) is 17.9 Å². The first-order valence-electron chi connectivity index (χ1n) is 6.87. The van der Waals surface area contributed by atoms with Crippen molar-refractivity contribution in [2.45, 2.75) is 38.6 Å². The smallest absolute Gasteiger partial charge is 0.260 e. The number of likely N-dealkylation sites (tertiary alicyclic amines) is 1. The first-order valence-corrected chi connectivity index (χ1v) is 8.00. The fourth-order valence-electron chi connectivity index (χ4n) is 2.60. The highest BCUT2D eigenvalue weighted by Gasteiger charge is 2.29. The summed E-state index contributed by atoms with van der Waals surface area (Å²) in [6, 6.07) is 2.52. The predicted molar refractivity (Wildman–Crippen MR) is 78.2 cm³/mol. The van der Waals surface area contributed by atoms with Gasteiger partial charge in [-0.15, -0.1) is 0 Å². The molecule has 1 aromatic rings. The van der Waals surface area contributed by atoms with Gasteiger partial charge in [-0.2, -0.15) is 0 Å². The maximum Gasteiger partial charge on any atom is 0.260 e. The Labute approximate surface area is 126 Å². The first kappa shape index (κ1) is 15.4. The molecule has 0 aromatic heterocycles. The van der Waals surface area contributed by atoms with Crippen LogP contribution in [0.3, 0.4) is 0 Å². The highest BCUT2D eigenvalue weighted by Crippen LogP contribution is 2.24. The van der Waals surface area contributed by atoms with Gasteiger partial charge >= 0.3 is 0 Å². The molecule has 0 bridgehead atoms. The van der Waals surface area contributed by atoms with Crippen LogP contribution in [0.25, 0.3) is 0 Å². The monoisotopic (exact) mass is 345 g/mol. The van der Waals surface area contributed by atoms with Gasteiger partial charge in [0.1, 0.15) is 17.2 Å². The van der Waals surface area contributed by atoms with Crippen molar-refractivity contribution in [2.24, 2.45) is 0 Å². The van der Waals surface area contributed by atoms with Gasteiger partial charge in [0.05, 0.1) is 0 Å². The maximum absolute atomic E-state index is 14.1. The van der Waals surface area contributed by atoms with Gasteiger partial charge in [-0.3, -0.25) is 4.79 Å². The molecule has 0 N–H and O–H groups in total. The number of carbonyl (C=O) groups excluding carboxylic acids is 1. The third-order valence-electron chi connectivity index (χ3n) is 3.81. The van der Waals surface area contributed by atoms with Gasteiger partial charge in [-0.05, 0) is 31.4 Å². The molecule has 1 fully saturated rings. The number of nitrogens with zero attached hydrogens (tertiary/aromatic N) is 1. The summed E-state index contributed by atoms with van der Waals surface area (Å²) >= 11 is 3.40. The SMILES string of the molecule is Cc1ccc(F)c(C(=O)N2CCCCCC2CBr)c1F. The summed E-state index contributed by atoms with van der Waals surface area (Å²) in [6.45, 7) is 2.10. The lowest BCUT2D eigenvalue weighted by atomic mass is 10.1. The van der Waals surface area contributed by atoms with Crippen molar-refractivity contribution < 1.29 is 13.6 Å². The van der Waals surface area contributed by atoms with Crippen LogP contribution in [0.15, 0.2) is 12.1 Å². The van der Waals surface area contributed by atoms with Crippen LogP contribution >= 0.6 is 15.9 Å². The van der Waals surface area contributed by atoms with Gasteiger partial charge in [-0.25, -0.2) is 8.78 Å². The second-order valence-electron chi connectivity index (χ2n) is 5.21. The van der Waals surface area contributed by atoms with Crippen LogP contribution < -0.4 is 0 Å². The molecule has 110 valence electrons. The van der Waals surface area contributed by atoms with Crippen molar-refractivity contribution in [2.75, 3.05) is 11.9 Å². The van der Waals surface area contributed by atoms with E-state index < -0.39 is 23.1 Å². The summed E-state index contributed by atoms with van der Waals surface area (Å²) in [5.41, 5.74) is -0.127. The number of hydrogen-bond acceptors (Lipinski definition) is 1. The van der Waals surface area contributed by atoms with Gasteiger partial charge in [0.2, 0.25) is 0 Å². The van der Waals surface area contributed by atoms with Crippen LogP contribution in [-0.4, -0.2) is 28.7 Å². The summed E-state index contributed by atoms with van der Waals surface area (Å²) in [5.74, 6) is -2.06. The molecule has 1 aliphatic rings. The highest BCUT2D eigenvalue weighted by atomic mass is 79.9. The summed E-state index contributed by atoms with van der Waals surface area (Å²) < 4.78 is 28.0. The van der Waals surface area contributed by atoms with Gasteiger partial charge in [0.25, 0.3) is 5.91 Å². The van der Waals surface area contributed by atoms with E-state index in [9.17, 15) is 13.6 Å². The van der Waals surface area contributed by atoms with E-state index >= 15 is 0 Å². The Morgan fingerprint density at radius 2 is 2.10 bits per heavy atom. The quantitative estimate of drug-likeness (QED) is 0.740. The fraction of sp³-hybridized carbons (Fsp3) is 0.533. The number of hydrogen-bond donors (Lipinski definition) is 0. The molecule has 1 aromatic carbocycles. The first-order chi connectivity index (χ1) is 9.56. The van der Waals surface area contributed by atoms with E-state index in [0.717, 1.165) is 31.7 Å². The predicted octanol–water partition coefficient (Wildman–Crippen LogP) is 4.05. The molecule has 0 saturated carbocycles. The summed E-state index contributed by atoms with van der Waals surface area (Å²) in [6.07, 6.45) is 3.83. The number of alkyl halides is 1. The van der Waals surface area contributed by atoms with E-state index in [0.29, 0.717) is 17.4 Å². The van der Waals surface area contributed by atoms with Crippen LogP contribution in [0.2, 0.25) is 0 Å². The van der Waals surface area contributed by atoms with Crippen LogP contribution in [0.5, 0.6) is 0 Å². The summed E-state index contributed by atoms with van der Waals surface area (Å²) in [7, 11) is 0. The lowest BCUT2D eigenvalue weighted by Crippen LogP contribution is -2.41. The Bertz CT molecular complexity index is 507. The molecule has 1 aliphatic heterocycles. The number of rotatable bonds is 2. The molecule has 0 radical (unpaired) electrons. The second kappa shape index (κ2) is 6.66. The van der Waals surface area contributed by atoms with Crippen molar-refractivity contribution in [1.82, 2.24) is 4.90 Å². The normalized spacial score (nSPS) is 19.8. The minimum absolute atomic E-state index is 0.00399. The number of benzene rings is 1. The zero-order valence-electron chi connectivity index (χ0n) is 11.5. The van der Waals surface area contributed by atoms with Gasteiger partial charge in [-0.1, -0.05) is 34.8 Å². The Balaban J connectivity index is 2.36. The lowest BCUT2D eigenvalue weighted by Gasteiger charge is -2.29. The van der Waals surface area contributed by atoms with E-state index in [-0.39, 0.29) is 6.04 Å². The molecule has 0 aliphatic carbocycles. The molecule has 0 spiro atoms. The van der Waals surface area contributed by atoms with Crippen molar-refractivity contribution in [3.05, 3.63) is 34.9 Å². The fourth-order valence-corrected chi connectivity index (χ4v) is 3.27. The molecule has 1 saturated heterocycles. The average molecular weight is 346 g/mol. The van der Waals surface area contributed by atoms with Crippen molar-refractivity contribution in [1.29, 1.82) is 0 Å². The number of halogens is 3. The molecular weight excluding hydrogens is 328 g/mol. The molecule has 1 unspecified atom stereocenters. The van der Waals surface area contributed by atoms with Crippen molar-refractivity contribution in [3.8, 4) is 0 Å². The van der Waals surface area contributed by atoms with Gasteiger partial charge in [0.15, 0.2) is 0 Å². The van der Waals surface area contributed by atoms with E-state index in [4.69, 9.17) is 0 Å². The van der Waals surface area contributed by atoms with Crippen molar-refractivity contribution in [3.63, 3.8) is 0 Å². The standard InChI is InChI=1S/C15H18BrF2NO/c1-10-6-7-12(17)13(14(10)18)15(20)19-8-4-2-3-5-11(19)9-16/h6-7,11H,2-5,8-9H2,1H3. The highest BCUT2D eigenvalue weighted by molar-refractivity contribution is 9.09. The van der Waals surface area contributed by atoms with Crippen LogP contribution in [0.1, 0.15) is 41.6 Å². The Morgan fingerprint density at radius 1 is 1.35 bits per heavy atom. The Kier molecular flexibility index (Phi) is 5.13. The Morgan fingerprint density at radius 3 is 2.80 bits per heavy atom. The molecule has 20 heavy (non-hydrogen) atoms. The van der Waals surface area contributed by atoms with Gasteiger partial charge < -0.3 is 4.90 Å². The van der Waals surface area contributed by atoms with E-state index in [1.807, 2.05) is 0 Å². The number of aryl methyl sites for hydroxylation is 1. The Hall–Kier alpha value is -0.970. The van der Waals surface area contributed by atoms with E-state index in [1.165, 1.54) is 13.0 Å². The zero-order chi connectivity index (χ0) is 14.7. The summed E-state index contributed by atoms with van der Waals surface area (Å²) in [4.78, 5) is 14.2.